The maximum atomic E-state index is 14.6. The van der Waals surface area contributed by atoms with Crippen LogP contribution in [0.3, 0.4) is 0 Å². The van der Waals surface area contributed by atoms with E-state index in [9.17, 15) is 18.0 Å². The number of rotatable bonds is 12. The van der Waals surface area contributed by atoms with Gasteiger partial charge in [-0.1, -0.05) is 111 Å². The minimum atomic E-state index is -4.14. The number of benzene rings is 4. The number of carbonyl (C=O) groups is 2. The van der Waals surface area contributed by atoms with E-state index in [-0.39, 0.29) is 29.8 Å². The molecule has 1 N–H and O–H groups in total. The van der Waals surface area contributed by atoms with Gasteiger partial charge in [0.25, 0.3) is 10.0 Å². The third-order valence-corrected chi connectivity index (χ3v) is 10.8. The molecule has 4 aromatic rings. The molecule has 45 heavy (non-hydrogen) atoms. The van der Waals surface area contributed by atoms with Crippen molar-refractivity contribution in [3.05, 3.63) is 129 Å². The molecule has 0 bridgehead atoms. The van der Waals surface area contributed by atoms with Crippen LogP contribution in [0.5, 0.6) is 0 Å². The van der Waals surface area contributed by atoms with Gasteiger partial charge in [-0.15, -0.1) is 0 Å². The molecule has 1 aliphatic carbocycles. The van der Waals surface area contributed by atoms with E-state index in [1.165, 1.54) is 17.0 Å². The zero-order valence-electron chi connectivity index (χ0n) is 24.7. The van der Waals surface area contributed by atoms with Gasteiger partial charge in [-0.3, -0.25) is 13.9 Å². The molecule has 10 heteroatoms. The van der Waals surface area contributed by atoms with Crippen LogP contribution in [0, 0.1) is 0 Å². The number of nitrogens with zero attached hydrogens (tertiary/aromatic N) is 2. The van der Waals surface area contributed by atoms with E-state index < -0.39 is 28.5 Å². The van der Waals surface area contributed by atoms with Crippen LogP contribution in [0.15, 0.2) is 123 Å². The summed E-state index contributed by atoms with van der Waals surface area (Å²) in [5.74, 6) is -0.726. The Morgan fingerprint density at radius 3 is 2.07 bits per heavy atom. The molecule has 7 nitrogen and oxygen atoms in total. The van der Waals surface area contributed by atoms with Crippen molar-refractivity contribution in [2.24, 2.45) is 0 Å². The van der Waals surface area contributed by atoms with E-state index in [2.05, 4.69) is 37.2 Å². The molecule has 4 aromatic carbocycles. The molecule has 0 spiro atoms. The van der Waals surface area contributed by atoms with Gasteiger partial charge in [0, 0.05) is 28.0 Å². The van der Waals surface area contributed by atoms with Crippen LogP contribution in [0.2, 0.25) is 0 Å². The van der Waals surface area contributed by atoms with Crippen LogP contribution in [-0.2, 0) is 32.6 Å². The number of amides is 2. The number of halogens is 2. The number of hydrogen-bond acceptors (Lipinski definition) is 4. The Balaban J connectivity index is 1.56. The summed E-state index contributed by atoms with van der Waals surface area (Å²) in [6.45, 7) is -0.369. The molecule has 1 saturated carbocycles. The molecule has 234 valence electrons. The van der Waals surface area contributed by atoms with Gasteiger partial charge in [-0.05, 0) is 66.4 Å². The summed E-state index contributed by atoms with van der Waals surface area (Å²) in [6, 6.07) is 31.2. The Kier molecular flexibility index (Phi) is 11.1. The predicted octanol–water partition coefficient (Wildman–Crippen LogP) is 7.11. The van der Waals surface area contributed by atoms with Crippen molar-refractivity contribution in [2.75, 3.05) is 10.8 Å². The fraction of sp³-hybridized carbons (Fsp3) is 0.257. The maximum Gasteiger partial charge on any atom is 0.264 e. The quantitative estimate of drug-likeness (QED) is 0.167. The third kappa shape index (κ3) is 8.62. The first-order valence-electron chi connectivity index (χ1n) is 14.9. The lowest BCUT2D eigenvalue weighted by Crippen LogP contribution is -2.54. The summed E-state index contributed by atoms with van der Waals surface area (Å²) in [4.78, 5) is 30.2. The fourth-order valence-corrected chi connectivity index (χ4v) is 7.67. The average molecular weight is 754 g/mol. The minimum absolute atomic E-state index is 0.0528. The largest absolute Gasteiger partial charge is 0.352 e. The highest BCUT2D eigenvalue weighted by Gasteiger charge is 2.35. The van der Waals surface area contributed by atoms with Gasteiger partial charge in [-0.2, -0.15) is 0 Å². The molecule has 1 fully saturated rings. The lowest BCUT2D eigenvalue weighted by Gasteiger charge is -2.34. The zero-order valence-corrected chi connectivity index (χ0v) is 28.7. The molecule has 1 atom stereocenters. The summed E-state index contributed by atoms with van der Waals surface area (Å²) < 4.78 is 30.8. The highest BCUT2D eigenvalue weighted by atomic mass is 79.9. The molecule has 0 heterocycles. The van der Waals surface area contributed by atoms with Gasteiger partial charge in [0.05, 0.1) is 10.6 Å². The number of sulfonamides is 1. The van der Waals surface area contributed by atoms with Crippen molar-refractivity contribution in [3.63, 3.8) is 0 Å². The monoisotopic (exact) mass is 751 g/mol. The molecule has 1 aliphatic rings. The zero-order chi connectivity index (χ0) is 31.8. The summed E-state index contributed by atoms with van der Waals surface area (Å²) in [6.07, 6.45) is 4.18. The number of nitrogens with one attached hydrogen (secondary N) is 1. The second kappa shape index (κ2) is 15.2. The third-order valence-electron chi connectivity index (χ3n) is 7.95. The predicted molar refractivity (Wildman–Crippen MR) is 184 cm³/mol. The van der Waals surface area contributed by atoms with E-state index in [0.717, 1.165) is 45.6 Å². The number of carbonyl (C=O) groups excluding carboxylic acids is 2. The van der Waals surface area contributed by atoms with Gasteiger partial charge >= 0.3 is 0 Å². The summed E-state index contributed by atoms with van der Waals surface area (Å²) in [5, 5.41) is 3.20. The summed E-state index contributed by atoms with van der Waals surface area (Å²) in [5.41, 5.74) is 2.05. The Morgan fingerprint density at radius 2 is 1.42 bits per heavy atom. The Labute approximate surface area is 281 Å². The Bertz CT molecular complexity index is 1700. The Hall–Kier alpha value is -3.47. The van der Waals surface area contributed by atoms with Crippen LogP contribution < -0.4 is 9.62 Å². The molecular weight excluding hydrogens is 718 g/mol. The maximum absolute atomic E-state index is 14.6. The van der Waals surface area contributed by atoms with Crippen molar-refractivity contribution in [1.82, 2.24) is 10.2 Å². The summed E-state index contributed by atoms with van der Waals surface area (Å²) in [7, 11) is -4.14. The SMILES string of the molecule is O=C(NC1CCCC1)[C@@H](Cc1ccccc1)N(Cc1ccc(Br)cc1)C(=O)CN(c1cccc(Br)c1)S(=O)(=O)c1ccccc1. The molecule has 2 amide bonds. The van der Waals surface area contributed by atoms with Gasteiger partial charge in [0.2, 0.25) is 11.8 Å². The van der Waals surface area contributed by atoms with Crippen LogP contribution in [-0.4, -0.2) is 43.8 Å². The second-order valence-corrected chi connectivity index (χ2v) is 14.8. The van der Waals surface area contributed by atoms with Gasteiger partial charge < -0.3 is 10.2 Å². The van der Waals surface area contributed by atoms with Crippen LogP contribution in [0.4, 0.5) is 5.69 Å². The second-order valence-electron chi connectivity index (χ2n) is 11.1. The standard InChI is InChI=1S/C35H35Br2N3O4S/c36-28-20-18-27(19-21-28)24-39(33(22-26-10-3-1-4-11-26)35(42)38-30-13-7-8-14-30)34(41)25-40(31-15-9-12-29(37)23-31)45(43,44)32-16-5-2-6-17-32/h1-6,9-12,15-21,23,30,33H,7-8,13-14,22,24-25H2,(H,38,42)/t33-/m1/s1. The van der Waals surface area contributed by atoms with Crippen molar-refractivity contribution < 1.29 is 18.0 Å². The molecule has 5 rings (SSSR count). The Morgan fingerprint density at radius 1 is 0.778 bits per heavy atom. The molecular formula is C35H35Br2N3O4S. The smallest absolute Gasteiger partial charge is 0.264 e. The van der Waals surface area contributed by atoms with E-state index >= 15 is 0 Å². The van der Waals surface area contributed by atoms with Gasteiger partial charge in [0.1, 0.15) is 12.6 Å². The van der Waals surface area contributed by atoms with Gasteiger partial charge in [0.15, 0.2) is 0 Å². The van der Waals surface area contributed by atoms with Crippen molar-refractivity contribution >= 4 is 59.4 Å². The van der Waals surface area contributed by atoms with Crippen molar-refractivity contribution in [2.45, 2.75) is 55.6 Å². The molecule has 0 aromatic heterocycles. The van der Waals surface area contributed by atoms with E-state index in [0.29, 0.717) is 10.2 Å². The average Bonchev–Trinajstić information content (AvgIpc) is 3.56. The molecule has 0 unspecified atom stereocenters. The van der Waals surface area contributed by atoms with E-state index in [1.54, 1.807) is 42.5 Å². The fourth-order valence-electron chi connectivity index (χ4n) is 5.59. The van der Waals surface area contributed by atoms with Crippen molar-refractivity contribution in [1.29, 1.82) is 0 Å². The van der Waals surface area contributed by atoms with E-state index in [4.69, 9.17) is 0 Å². The normalized spacial score (nSPS) is 14.1. The van der Waals surface area contributed by atoms with Crippen LogP contribution in [0.1, 0.15) is 36.8 Å². The molecule has 0 radical (unpaired) electrons. The molecule has 0 aliphatic heterocycles. The number of hydrogen-bond donors (Lipinski definition) is 1. The highest BCUT2D eigenvalue weighted by Crippen LogP contribution is 2.28. The van der Waals surface area contributed by atoms with Crippen molar-refractivity contribution in [3.8, 4) is 0 Å². The highest BCUT2D eigenvalue weighted by molar-refractivity contribution is 9.10. The molecule has 0 saturated heterocycles. The topological polar surface area (TPSA) is 86.8 Å². The number of anilines is 1. The first kappa shape index (κ1) is 32.9. The first-order valence-corrected chi connectivity index (χ1v) is 17.9. The van der Waals surface area contributed by atoms with Crippen LogP contribution in [0.25, 0.3) is 0 Å². The van der Waals surface area contributed by atoms with Crippen LogP contribution >= 0.6 is 31.9 Å². The van der Waals surface area contributed by atoms with E-state index in [1.807, 2.05) is 54.6 Å². The minimum Gasteiger partial charge on any atom is -0.352 e. The lowest BCUT2D eigenvalue weighted by atomic mass is 10.0. The van der Waals surface area contributed by atoms with Gasteiger partial charge in [-0.25, -0.2) is 8.42 Å². The lowest BCUT2D eigenvalue weighted by molar-refractivity contribution is -0.140. The summed E-state index contributed by atoms with van der Waals surface area (Å²) >= 11 is 6.92. The first-order chi connectivity index (χ1) is 21.7.